The van der Waals surface area contributed by atoms with Crippen LogP contribution in [0.2, 0.25) is 0 Å². The molecule has 1 N–H and O–H groups in total. The van der Waals surface area contributed by atoms with E-state index in [2.05, 4.69) is 10.4 Å². The van der Waals surface area contributed by atoms with Gasteiger partial charge in [0, 0.05) is 13.6 Å². The van der Waals surface area contributed by atoms with Gasteiger partial charge in [0.15, 0.2) is 5.78 Å². The molecular formula is C10H15N3O2. The van der Waals surface area contributed by atoms with Gasteiger partial charge in [-0.15, -0.1) is 0 Å². The molecule has 1 aromatic rings. The highest BCUT2D eigenvalue weighted by Crippen LogP contribution is 2.13. The maximum absolute atomic E-state index is 11.7. The molecule has 0 saturated carbocycles. The fourth-order valence-electron chi connectivity index (χ4n) is 1.54. The lowest BCUT2D eigenvalue weighted by Crippen LogP contribution is -2.27. The molecule has 0 aliphatic rings. The third kappa shape index (κ3) is 2.06. The van der Waals surface area contributed by atoms with Gasteiger partial charge < -0.3 is 5.32 Å². The van der Waals surface area contributed by atoms with E-state index in [0.29, 0.717) is 23.5 Å². The van der Waals surface area contributed by atoms with E-state index < -0.39 is 0 Å². The summed E-state index contributed by atoms with van der Waals surface area (Å²) in [6.07, 6.45) is 0. The molecule has 15 heavy (non-hydrogen) atoms. The van der Waals surface area contributed by atoms with Gasteiger partial charge in [0.05, 0.1) is 11.3 Å². The van der Waals surface area contributed by atoms with Crippen molar-refractivity contribution < 1.29 is 4.79 Å². The molecule has 0 aliphatic heterocycles. The van der Waals surface area contributed by atoms with Crippen LogP contribution in [0, 0.1) is 6.92 Å². The molecule has 5 heteroatoms. The first kappa shape index (κ1) is 11.4. The smallest absolute Gasteiger partial charge is 0.290 e. The van der Waals surface area contributed by atoms with Crippen molar-refractivity contribution in [3.05, 3.63) is 21.6 Å². The minimum absolute atomic E-state index is 0.145. The molecule has 0 aromatic carbocycles. The van der Waals surface area contributed by atoms with Crippen LogP contribution >= 0.6 is 0 Å². The Morgan fingerprint density at radius 1 is 1.53 bits per heavy atom. The highest BCUT2D eigenvalue weighted by Gasteiger charge is 2.16. The van der Waals surface area contributed by atoms with E-state index in [0.717, 1.165) is 0 Å². The molecule has 0 bridgehead atoms. The number of hydrogen-bond donors (Lipinski definition) is 1. The third-order valence-electron chi connectivity index (χ3n) is 2.13. The number of nitrogens with zero attached hydrogens (tertiary/aromatic N) is 2. The molecule has 1 heterocycles. The second-order valence-electron chi connectivity index (χ2n) is 3.35. The van der Waals surface area contributed by atoms with E-state index in [1.54, 1.807) is 14.0 Å². The van der Waals surface area contributed by atoms with E-state index in [-0.39, 0.29) is 11.3 Å². The zero-order valence-electron chi connectivity index (χ0n) is 9.42. The van der Waals surface area contributed by atoms with E-state index in [4.69, 9.17) is 0 Å². The Kier molecular flexibility index (Phi) is 3.24. The van der Waals surface area contributed by atoms with Crippen molar-refractivity contribution in [2.45, 2.75) is 20.8 Å². The lowest BCUT2D eigenvalue weighted by atomic mass is 10.1. The van der Waals surface area contributed by atoms with Gasteiger partial charge in [-0.2, -0.15) is 5.10 Å². The minimum Gasteiger partial charge on any atom is -0.380 e. The molecule has 0 amide bonds. The Labute approximate surface area is 88.1 Å². The number of aromatic nitrogens is 2. The third-order valence-corrected chi connectivity index (χ3v) is 2.13. The van der Waals surface area contributed by atoms with Crippen LogP contribution in [0.3, 0.4) is 0 Å². The lowest BCUT2D eigenvalue weighted by molar-refractivity contribution is 0.101. The molecular weight excluding hydrogens is 194 g/mol. The fraction of sp³-hybridized carbons (Fsp3) is 0.500. The van der Waals surface area contributed by atoms with Gasteiger partial charge in [-0.25, -0.2) is 4.68 Å². The number of carbonyl (C=O) groups is 1. The molecule has 0 spiro atoms. The first-order valence-electron chi connectivity index (χ1n) is 4.81. The second kappa shape index (κ2) is 4.25. The van der Waals surface area contributed by atoms with Crippen LogP contribution in [0.15, 0.2) is 4.79 Å². The summed E-state index contributed by atoms with van der Waals surface area (Å²) in [6, 6.07) is 0. The van der Waals surface area contributed by atoms with Crippen molar-refractivity contribution in [1.82, 2.24) is 9.78 Å². The van der Waals surface area contributed by atoms with Gasteiger partial charge in [-0.3, -0.25) is 9.59 Å². The predicted molar refractivity (Wildman–Crippen MR) is 58.4 cm³/mol. The second-order valence-corrected chi connectivity index (χ2v) is 3.35. The van der Waals surface area contributed by atoms with Crippen LogP contribution in [-0.4, -0.2) is 22.1 Å². The van der Waals surface area contributed by atoms with E-state index >= 15 is 0 Å². The maximum atomic E-state index is 11.7. The van der Waals surface area contributed by atoms with E-state index in [1.807, 2.05) is 6.92 Å². The Balaban J connectivity index is 3.54. The summed E-state index contributed by atoms with van der Waals surface area (Å²) in [5, 5.41) is 6.89. The van der Waals surface area contributed by atoms with Gasteiger partial charge in [0.1, 0.15) is 5.69 Å². The zero-order chi connectivity index (χ0) is 11.6. The number of aryl methyl sites for hydroxylation is 2. The summed E-state index contributed by atoms with van der Waals surface area (Å²) >= 11 is 0. The van der Waals surface area contributed by atoms with Gasteiger partial charge in [-0.05, 0) is 20.8 Å². The quantitative estimate of drug-likeness (QED) is 0.745. The molecule has 5 nitrogen and oxygen atoms in total. The SMILES string of the molecule is CCNc1c(C(C)=O)c(C)nn(C)c1=O. The first-order valence-corrected chi connectivity index (χ1v) is 4.81. The number of Topliss-reactive ketones (excluding diaryl/α,β-unsaturated/α-hetero) is 1. The van der Waals surface area contributed by atoms with Gasteiger partial charge >= 0.3 is 0 Å². The largest absolute Gasteiger partial charge is 0.380 e. The summed E-state index contributed by atoms with van der Waals surface area (Å²) in [6.45, 7) is 5.62. The Morgan fingerprint density at radius 3 is 2.60 bits per heavy atom. The Hall–Kier alpha value is -1.65. The summed E-state index contributed by atoms with van der Waals surface area (Å²) in [5.41, 5.74) is 1.04. The predicted octanol–water partition coefficient (Wildman–Crippen LogP) is 0.723. The van der Waals surface area contributed by atoms with Crippen LogP contribution in [-0.2, 0) is 7.05 Å². The summed E-state index contributed by atoms with van der Waals surface area (Å²) in [5.74, 6) is -0.145. The first-order chi connectivity index (χ1) is 6.99. The Bertz CT molecular complexity index is 449. The lowest BCUT2D eigenvalue weighted by Gasteiger charge is -2.11. The average Bonchev–Trinajstić information content (AvgIpc) is 2.13. The molecule has 0 fully saturated rings. The number of rotatable bonds is 3. The molecule has 0 atom stereocenters. The standard InChI is InChI=1S/C10H15N3O2/c1-5-11-9-8(7(3)14)6(2)12-13(4)10(9)15/h11H,5H2,1-4H3. The van der Waals surface area contributed by atoms with Crippen LogP contribution in [0.4, 0.5) is 5.69 Å². The fourth-order valence-corrected chi connectivity index (χ4v) is 1.54. The molecule has 1 rings (SSSR count). The van der Waals surface area contributed by atoms with Crippen molar-refractivity contribution in [3.63, 3.8) is 0 Å². The van der Waals surface area contributed by atoms with Gasteiger partial charge in [-0.1, -0.05) is 0 Å². The van der Waals surface area contributed by atoms with Crippen LogP contribution in [0.5, 0.6) is 0 Å². The molecule has 82 valence electrons. The molecule has 0 unspecified atom stereocenters. The van der Waals surface area contributed by atoms with Crippen molar-refractivity contribution in [2.75, 3.05) is 11.9 Å². The molecule has 0 radical (unpaired) electrons. The summed E-state index contributed by atoms with van der Waals surface area (Å²) in [7, 11) is 1.57. The topological polar surface area (TPSA) is 64.0 Å². The summed E-state index contributed by atoms with van der Waals surface area (Å²) < 4.78 is 1.24. The number of nitrogens with one attached hydrogen (secondary N) is 1. The van der Waals surface area contributed by atoms with Crippen molar-refractivity contribution in [3.8, 4) is 0 Å². The number of ketones is 1. The molecule has 0 aliphatic carbocycles. The minimum atomic E-state index is -0.271. The Morgan fingerprint density at radius 2 is 2.13 bits per heavy atom. The zero-order valence-corrected chi connectivity index (χ0v) is 9.42. The maximum Gasteiger partial charge on any atom is 0.290 e. The van der Waals surface area contributed by atoms with Crippen LogP contribution in [0.1, 0.15) is 29.9 Å². The van der Waals surface area contributed by atoms with Gasteiger partial charge in [0.25, 0.3) is 5.56 Å². The van der Waals surface area contributed by atoms with Crippen molar-refractivity contribution in [2.24, 2.45) is 7.05 Å². The normalized spacial score (nSPS) is 10.1. The molecule has 0 saturated heterocycles. The van der Waals surface area contributed by atoms with E-state index in [9.17, 15) is 9.59 Å². The van der Waals surface area contributed by atoms with Crippen LogP contribution in [0.25, 0.3) is 0 Å². The summed E-state index contributed by atoms with van der Waals surface area (Å²) in [4.78, 5) is 23.1. The number of hydrogen-bond acceptors (Lipinski definition) is 4. The molecule has 1 aromatic heterocycles. The highest BCUT2D eigenvalue weighted by atomic mass is 16.1. The van der Waals surface area contributed by atoms with Gasteiger partial charge in [0.2, 0.25) is 0 Å². The van der Waals surface area contributed by atoms with Crippen molar-refractivity contribution >= 4 is 11.5 Å². The number of anilines is 1. The monoisotopic (exact) mass is 209 g/mol. The van der Waals surface area contributed by atoms with Crippen molar-refractivity contribution in [1.29, 1.82) is 0 Å². The van der Waals surface area contributed by atoms with Crippen LogP contribution < -0.4 is 10.9 Å². The highest BCUT2D eigenvalue weighted by molar-refractivity contribution is 6.00. The average molecular weight is 209 g/mol. The van der Waals surface area contributed by atoms with E-state index in [1.165, 1.54) is 11.6 Å². The number of carbonyl (C=O) groups excluding carboxylic acids is 1.